The second-order valence-corrected chi connectivity index (χ2v) is 6.44. The predicted octanol–water partition coefficient (Wildman–Crippen LogP) is 3.36. The van der Waals surface area contributed by atoms with E-state index >= 15 is 0 Å². The molecule has 0 spiro atoms. The number of aryl methyl sites for hydroxylation is 1. The molecule has 2 heterocycles. The second-order valence-electron chi connectivity index (χ2n) is 4.18. The normalized spacial score (nSPS) is 11.0. The van der Waals surface area contributed by atoms with Gasteiger partial charge in [0, 0.05) is 27.8 Å². The van der Waals surface area contributed by atoms with Crippen LogP contribution < -0.4 is 5.56 Å². The zero-order valence-corrected chi connectivity index (χ0v) is 12.0. The van der Waals surface area contributed by atoms with E-state index in [1.165, 1.54) is 4.90 Å². The molecule has 0 N–H and O–H groups in total. The van der Waals surface area contributed by atoms with Gasteiger partial charge in [-0.3, -0.25) is 9.20 Å². The molecule has 0 aliphatic rings. The molecule has 96 valence electrons. The van der Waals surface area contributed by atoms with Gasteiger partial charge in [-0.25, -0.2) is 4.98 Å². The van der Waals surface area contributed by atoms with Crippen LogP contribution in [0.3, 0.4) is 0 Å². The lowest BCUT2D eigenvalue weighted by Gasteiger charge is -2.01. The topological polar surface area (TPSA) is 34.4 Å². The van der Waals surface area contributed by atoms with Crippen LogP contribution in [0.4, 0.5) is 0 Å². The van der Waals surface area contributed by atoms with Crippen molar-refractivity contribution in [2.45, 2.75) is 17.6 Å². The third-order valence-corrected chi connectivity index (χ3v) is 4.61. The zero-order chi connectivity index (χ0) is 13.2. The van der Waals surface area contributed by atoms with E-state index in [4.69, 9.17) is 0 Å². The summed E-state index contributed by atoms with van der Waals surface area (Å²) in [5.41, 5.74) is 0.832. The first kappa shape index (κ1) is 12.4. The standard InChI is InChI=1S/C14H12N2OS2/c1-10-8-16-13(17)7-11(15-14(16)19-10)9-18-12-5-3-2-4-6-12/h2-8H,9H2,1H3. The van der Waals surface area contributed by atoms with E-state index in [1.807, 2.05) is 31.3 Å². The minimum Gasteiger partial charge on any atom is -0.269 e. The maximum Gasteiger partial charge on any atom is 0.258 e. The lowest BCUT2D eigenvalue weighted by Crippen LogP contribution is -2.12. The number of fused-ring (bicyclic) bond motifs is 1. The zero-order valence-electron chi connectivity index (χ0n) is 10.4. The van der Waals surface area contributed by atoms with Gasteiger partial charge in [0.1, 0.15) is 0 Å². The summed E-state index contributed by atoms with van der Waals surface area (Å²) in [6.45, 7) is 1.98. The summed E-state index contributed by atoms with van der Waals surface area (Å²) in [4.78, 5) is 19.5. The molecule has 0 unspecified atom stereocenters. The van der Waals surface area contributed by atoms with Crippen molar-refractivity contribution in [3.63, 3.8) is 0 Å². The maximum absolute atomic E-state index is 11.9. The van der Waals surface area contributed by atoms with Gasteiger partial charge in [-0.2, -0.15) is 0 Å². The Morgan fingerprint density at radius 2 is 2.11 bits per heavy atom. The largest absolute Gasteiger partial charge is 0.269 e. The average molecular weight is 288 g/mol. The van der Waals surface area contributed by atoms with E-state index in [0.717, 1.165) is 15.5 Å². The second kappa shape index (κ2) is 5.19. The van der Waals surface area contributed by atoms with E-state index in [1.54, 1.807) is 33.6 Å². The van der Waals surface area contributed by atoms with Crippen LogP contribution in [0.25, 0.3) is 4.96 Å². The number of benzene rings is 1. The molecule has 0 bridgehead atoms. The van der Waals surface area contributed by atoms with Crippen molar-refractivity contribution in [1.29, 1.82) is 0 Å². The molecule has 1 aromatic carbocycles. The summed E-state index contributed by atoms with van der Waals surface area (Å²) in [5.74, 6) is 0.715. The third kappa shape index (κ3) is 2.72. The fraction of sp³-hybridized carbons (Fsp3) is 0.143. The van der Waals surface area contributed by atoms with Crippen LogP contribution in [0.2, 0.25) is 0 Å². The highest BCUT2D eigenvalue weighted by Gasteiger charge is 2.05. The SMILES string of the molecule is Cc1cn2c(=O)cc(CSc3ccccc3)nc2s1. The third-order valence-electron chi connectivity index (χ3n) is 2.67. The highest BCUT2D eigenvalue weighted by molar-refractivity contribution is 7.98. The number of nitrogens with zero attached hydrogens (tertiary/aromatic N) is 2. The van der Waals surface area contributed by atoms with Crippen LogP contribution in [0.15, 0.2) is 52.3 Å². The van der Waals surface area contributed by atoms with Gasteiger partial charge in [-0.05, 0) is 19.1 Å². The molecule has 3 rings (SSSR count). The smallest absolute Gasteiger partial charge is 0.258 e. The number of thioether (sulfide) groups is 1. The molecule has 3 aromatic rings. The van der Waals surface area contributed by atoms with Gasteiger partial charge < -0.3 is 0 Å². The Balaban J connectivity index is 1.87. The minimum absolute atomic E-state index is 0.00184. The van der Waals surface area contributed by atoms with Gasteiger partial charge in [0.05, 0.1) is 5.69 Å². The fourth-order valence-electron chi connectivity index (χ4n) is 1.81. The number of hydrogen-bond donors (Lipinski definition) is 0. The first-order valence-electron chi connectivity index (χ1n) is 5.89. The lowest BCUT2D eigenvalue weighted by molar-refractivity contribution is 1.03. The molecule has 3 nitrogen and oxygen atoms in total. The Morgan fingerprint density at radius 1 is 1.32 bits per heavy atom. The van der Waals surface area contributed by atoms with Crippen LogP contribution in [-0.4, -0.2) is 9.38 Å². The van der Waals surface area contributed by atoms with E-state index in [9.17, 15) is 4.79 Å². The molecule has 2 aromatic heterocycles. The number of hydrogen-bond acceptors (Lipinski definition) is 4. The minimum atomic E-state index is -0.00184. The first-order chi connectivity index (χ1) is 9.22. The van der Waals surface area contributed by atoms with Crippen molar-refractivity contribution >= 4 is 28.1 Å². The van der Waals surface area contributed by atoms with Gasteiger partial charge in [0.25, 0.3) is 5.56 Å². The maximum atomic E-state index is 11.9. The predicted molar refractivity (Wildman–Crippen MR) is 80.1 cm³/mol. The van der Waals surface area contributed by atoms with Crippen molar-refractivity contribution in [3.8, 4) is 0 Å². The van der Waals surface area contributed by atoms with Crippen molar-refractivity contribution in [1.82, 2.24) is 9.38 Å². The molecular weight excluding hydrogens is 276 g/mol. The van der Waals surface area contributed by atoms with Gasteiger partial charge in [0.2, 0.25) is 0 Å². The summed E-state index contributed by atoms with van der Waals surface area (Å²) >= 11 is 3.24. The van der Waals surface area contributed by atoms with E-state index in [2.05, 4.69) is 17.1 Å². The molecule has 0 aliphatic carbocycles. The van der Waals surface area contributed by atoms with Crippen molar-refractivity contribution in [2.75, 3.05) is 0 Å². The van der Waals surface area contributed by atoms with E-state index in [-0.39, 0.29) is 5.56 Å². The Kier molecular flexibility index (Phi) is 3.40. The molecule has 19 heavy (non-hydrogen) atoms. The summed E-state index contributed by atoms with van der Waals surface area (Å²) in [6, 6.07) is 11.8. The summed E-state index contributed by atoms with van der Waals surface area (Å²) in [5, 5.41) is 0. The highest BCUT2D eigenvalue weighted by atomic mass is 32.2. The fourth-order valence-corrected chi connectivity index (χ4v) is 3.47. The van der Waals surface area contributed by atoms with Gasteiger partial charge in [0.15, 0.2) is 4.96 Å². The summed E-state index contributed by atoms with van der Waals surface area (Å²) < 4.78 is 1.61. The Morgan fingerprint density at radius 3 is 2.89 bits per heavy atom. The van der Waals surface area contributed by atoms with Crippen molar-refractivity contribution < 1.29 is 0 Å². The molecule has 0 saturated heterocycles. The molecule has 0 amide bonds. The van der Waals surface area contributed by atoms with Crippen LogP contribution in [-0.2, 0) is 5.75 Å². The molecule has 0 aliphatic heterocycles. The van der Waals surface area contributed by atoms with Gasteiger partial charge >= 0.3 is 0 Å². The van der Waals surface area contributed by atoms with Crippen molar-refractivity contribution in [3.05, 3.63) is 63.5 Å². The number of thiazole rings is 1. The number of aromatic nitrogens is 2. The van der Waals surface area contributed by atoms with Crippen LogP contribution >= 0.6 is 23.1 Å². The highest BCUT2D eigenvalue weighted by Crippen LogP contribution is 2.22. The summed E-state index contributed by atoms with van der Waals surface area (Å²) in [7, 11) is 0. The molecule has 0 saturated carbocycles. The Labute approximate surface area is 118 Å². The number of rotatable bonds is 3. The molecule has 0 atom stereocenters. The van der Waals surface area contributed by atoms with Crippen molar-refractivity contribution in [2.24, 2.45) is 0 Å². The first-order valence-corrected chi connectivity index (χ1v) is 7.69. The van der Waals surface area contributed by atoms with E-state index < -0.39 is 0 Å². The molecule has 0 radical (unpaired) electrons. The van der Waals surface area contributed by atoms with Crippen LogP contribution in [0, 0.1) is 6.92 Å². The van der Waals surface area contributed by atoms with Gasteiger partial charge in [-0.15, -0.1) is 23.1 Å². The average Bonchev–Trinajstić information content (AvgIpc) is 2.79. The lowest BCUT2D eigenvalue weighted by atomic mass is 10.4. The monoisotopic (exact) mass is 288 g/mol. The molecule has 5 heteroatoms. The van der Waals surface area contributed by atoms with E-state index in [0.29, 0.717) is 5.75 Å². The van der Waals surface area contributed by atoms with Gasteiger partial charge in [-0.1, -0.05) is 18.2 Å². The Hall–Kier alpha value is -1.59. The van der Waals surface area contributed by atoms with Crippen LogP contribution in [0.5, 0.6) is 0 Å². The quantitative estimate of drug-likeness (QED) is 0.693. The summed E-state index contributed by atoms with van der Waals surface area (Å²) in [6.07, 6.45) is 1.84. The van der Waals surface area contributed by atoms with Crippen LogP contribution in [0.1, 0.15) is 10.6 Å². The Bertz CT molecular complexity index is 762. The molecular formula is C14H12N2OS2. The molecule has 0 fully saturated rings.